The number of amides is 1. The minimum absolute atomic E-state index is 0.0454. The molecule has 150 valence electrons. The standard InChI is InChI=1S/C23H29BrN2O2/c1-28-22-19-11-7-6-10-18(19)21(24)14-20(22)23(27)25-16-12-13-26(15-16)17-8-4-2-3-5-9-17/h6-7,10-11,14,16-17H,2-5,8-9,12-13,15H2,1H3,(H,25,27)/t16-/m1/s1. The monoisotopic (exact) mass is 444 g/mol. The number of ether oxygens (including phenoxy) is 1. The SMILES string of the molecule is COc1c(C(=O)N[C@@H]2CCN(C3CCCCCC3)C2)cc(Br)c2ccccc12. The van der Waals surface area contributed by atoms with Crippen LogP contribution in [-0.2, 0) is 0 Å². The number of hydrogen-bond donors (Lipinski definition) is 1. The molecule has 28 heavy (non-hydrogen) atoms. The van der Waals surface area contributed by atoms with Crippen molar-refractivity contribution in [3.63, 3.8) is 0 Å². The quantitative estimate of drug-likeness (QED) is 0.663. The van der Waals surface area contributed by atoms with Gasteiger partial charge in [-0.2, -0.15) is 0 Å². The van der Waals surface area contributed by atoms with Crippen LogP contribution in [0.15, 0.2) is 34.8 Å². The van der Waals surface area contributed by atoms with Gasteiger partial charge in [-0.05, 0) is 30.7 Å². The smallest absolute Gasteiger partial charge is 0.255 e. The lowest BCUT2D eigenvalue weighted by Gasteiger charge is -2.26. The molecule has 1 amide bonds. The maximum absolute atomic E-state index is 13.1. The first-order chi connectivity index (χ1) is 13.7. The minimum atomic E-state index is -0.0454. The highest BCUT2D eigenvalue weighted by atomic mass is 79.9. The van der Waals surface area contributed by atoms with Crippen molar-refractivity contribution in [1.82, 2.24) is 10.2 Å². The summed E-state index contributed by atoms with van der Waals surface area (Å²) in [7, 11) is 1.63. The lowest BCUT2D eigenvalue weighted by molar-refractivity contribution is 0.0932. The van der Waals surface area contributed by atoms with Crippen molar-refractivity contribution in [2.45, 2.75) is 57.0 Å². The third kappa shape index (κ3) is 4.06. The predicted octanol–water partition coefficient (Wildman–Crippen LogP) is 5.14. The Labute approximate surface area is 175 Å². The molecule has 0 aromatic heterocycles. The van der Waals surface area contributed by atoms with Gasteiger partial charge in [0.05, 0.1) is 12.7 Å². The maximum atomic E-state index is 13.1. The molecule has 1 heterocycles. The number of hydrogen-bond acceptors (Lipinski definition) is 3. The van der Waals surface area contributed by atoms with Crippen LogP contribution in [0.5, 0.6) is 5.75 Å². The van der Waals surface area contributed by atoms with Crippen LogP contribution in [-0.4, -0.2) is 43.1 Å². The minimum Gasteiger partial charge on any atom is -0.495 e. The summed E-state index contributed by atoms with van der Waals surface area (Å²) in [5, 5.41) is 5.27. The van der Waals surface area contributed by atoms with Crippen LogP contribution in [0.2, 0.25) is 0 Å². The van der Waals surface area contributed by atoms with Crippen molar-refractivity contribution >= 4 is 32.6 Å². The van der Waals surface area contributed by atoms with Crippen molar-refractivity contribution in [2.75, 3.05) is 20.2 Å². The first-order valence-electron chi connectivity index (χ1n) is 10.5. The second-order valence-corrected chi connectivity index (χ2v) is 8.94. The van der Waals surface area contributed by atoms with Gasteiger partial charge in [-0.15, -0.1) is 0 Å². The number of nitrogens with zero attached hydrogens (tertiary/aromatic N) is 1. The van der Waals surface area contributed by atoms with E-state index in [-0.39, 0.29) is 11.9 Å². The highest BCUT2D eigenvalue weighted by Crippen LogP contribution is 2.35. The molecule has 1 aliphatic heterocycles. The number of carbonyl (C=O) groups is 1. The molecule has 1 atom stereocenters. The van der Waals surface area contributed by atoms with Crippen molar-refractivity contribution in [2.24, 2.45) is 0 Å². The van der Waals surface area contributed by atoms with E-state index in [0.29, 0.717) is 17.4 Å². The summed E-state index contributed by atoms with van der Waals surface area (Å²) in [6, 6.07) is 10.8. The van der Waals surface area contributed by atoms with Crippen molar-refractivity contribution in [3.8, 4) is 5.75 Å². The molecule has 2 aliphatic rings. The Kier molecular flexibility index (Phi) is 6.22. The van der Waals surface area contributed by atoms with Gasteiger partial charge in [-0.25, -0.2) is 0 Å². The van der Waals surface area contributed by atoms with E-state index in [1.807, 2.05) is 30.3 Å². The summed E-state index contributed by atoms with van der Waals surface area (Å²) in [4.78, 5) is 15.7. The van der Waals surface area contributed by atoms with Gasteiger partial charge in [0, 0.05) is 35.0 Å². The third-order valence-electron chi connectivity index (χ3n) is 6.29. The summed E-state index contributed by atoms with van der Waals surface area (Å²) in [6.07, 6.45) is 9.10. The number of rotatable bonds is 4. The lowest BCUT2D eigenvalue weighted by Crippen LogP contribution is -2.39. The van der Waals surface area contributed by atoms with Gasteiger partial charge in [-0.3, -0.25) is 9.69 Å². The second kappa shape index (κ2) is 8.83. The fourth-order valence-electron chi connectivity index (χ4n) is 4.82. The van der Waals surface area contributed by atoms with Gasteiger partial charge < -0.3 is 10.1 Å². The van der Waals surface area contributed by atoms with E-state index in [1.165, 1.54) is 38.5 Å². The van der Waals surface area contributed by atoms with Crippen LogP contribution in [0.25, 0.3) is 10.8 Å². The zero-order valence-electron chi connectivity index (χ0n) is 16.5. The molecule has 2 aromatic rings. The van der Waals surface area contributed by atoms with E-state index in [4.69, 9.17) is 4.74 Å². The van der Waals surface area contributed by atoms with Crippen LogP contribution in [0.4, 0.5) is 0 Å². The second-order valence-electron chi connectivity index (χ2n) is 8.08. The van der Waals surface area contributed by atoms with E-state index in [1.54, 1.807) is 7.11 Å². The molecule has 2 fully saturated rings. The molecule has 1 aliphatic carbocycles. The Hall–Kier alpha value is -1.59. The molecule has 1 saturated heterocycles. The fraction of sp³-hybridized carbons (Fsp3) is 0.522. The van der Waals surface area contributed by atoms with Gasteiger partial charge >= 0.3 is 0 Å². The number of fused-ring (bicyclic) bond motifs is 1. The largest absolute Gasteiger partial charge is 0.495 e. The van der Waals surface area contributed by atoms with E-state index < -0.39 is 0 Å². The molecule has 4 rings (SSSR count). The molecule has 0 unspecified atom stereocenters. The zero-order chi connectivity index (χ0) is 19.5. The molecule has 2 aromatic carbocycles. The third-order valence-corrected chi connectivity index (χ3v) is 6.95. The molecular weight excluding hydrogens is 416 g/mol. The van der Waals surface area contributed by atoms with Gasteiger partial charge in [0.15, 0.2) is 0 Å². The fourth-order valence-corrected chi connectivity index (χ4v) is 5.39. The summed E-state index contributed by atoms with van der Waals surface area (Å²) in [6.45, 7) is 2.06. The maximum Gasteiger partial charge on any atom is 0.255 e. The molecule has 1 N–H and O–H groups in total. The molecule has 5 heteroatoms. The number of nitrogens with one attached hydrogen (secondary N) is 1. The highest BCUT2D eigenvalue weighted by molar-refractivity contribution is 9.10. The van der Waals surface area contributed by atoms with Crippen molar-refractivity contribution in [1.29, 1.82) is 0 Å². The first kappa shape index (κ1) is 19.7. The number of likely N-dealkylation sites (tertiary alicyclic amines) is 1. The van der Waals surface area contributed by atoms with E-state index in [2.05, 4.69) is 26.1 Å². The normalized spacial score (nSPS) is 21.6. The Morgan fingerprint density at radius 2 is 1.82 bits per heavy atom. The van der Waals surface area contributed by atoms with Crippen LogP contribution in [0, 0.1) is 0 Å². The molecular formula is C23H29BrN2O2. The molecule has 0 spiro atoms. The van der Waals surface area contributed by atoms with Crippen molar-refractivity contribution < 1.29 is 9.53 Å². The predicted molar refractivity (Wildman–Crippen MR) is 117 cm³/mol. The zero-order valence-corrected chi connectivity index (χ0v) is 18.1. The molecule has 1 saturated carbocycles. The van der Waals surface area contributed by atoms with Gasteiger partial charge in [0.25, 0.3) is 5.91 Å². The van der Waals surface area contributed by atoms with Crippen LogP contribution in [0.1, 0.15) is 55.3 Å². The first-order valence-corrected chi connectivity index (χ1v) is 11.3. The summed E-state index contributed by atoms with van der Waals surface area (Å²) in [5.41, 5.74) is 0.598. The number of halogens is 1. The van der Waals surface area contributed by atoms with Crippen LogP contribution in [0.3, 0.4) is 0 Å². The topological polar surface area (TPSA) is 41.6 Å². The summed E-state index contributed by atoms with van der Waals surface area (Å²) >= 11 is 3.62. The summed E-state index contributed by atoms with van der Waals surface area (Å²) in [5.74, 6) is 0.603. The lowest BCUT2D eigenvalue weighted by atomic mass is 10.0. The average Bonchev–Trinajstić information content (AvgIpc) is 3.00. The number of carbonyl (C=O) groups excluding carboxylic acids is 1. The van der Waals surface area contributed by atoms with E-state index >= 15 is 0 Å². The summed E-state index contributed by atoms with van der Waals surface area (Å²) < 4.78 is 6.55. The van der Waals surface area contributed by atoms with E-state index in [0.717, 1.165) is 34.8 Å². The Morgan fingerprint density at radius 3 is 2.54 bits per heavy atom. The average molecular weight is 445 g/mol. The molecule has 4 nitrogen and oxygen atoms in total. The highest BCUT2D eigenvalue weighted by Gasteiger charge is 2.30. The Bertz CT molecular complexity index is 846. The Morgan fingerprint density at radius 1 is 1.11 bits per heavy atom. The van der Waals surface area contributed by atoms with Gasteiger partial charge in [-0.1, -0.05) is 65.9 Å². The van der Waals surface area contributed by atoms with Crippen LogP contribution >= 0.6 is 15.9 Å². The molecule has 0 radical (unpaired) electrons. The van der Waals surface area contributed by atoms with E-state index in [9.17, 15) is 4.79 Å². The Balaban J connectivity index is 1.48. The van der Waals surface area contributed by atoms with Crippen molar-refractivity contribution in [3.05, 3.63) is 40.4 Å². The number of benzene rings is 2. The van der Waals surface area contributed by atoms with Gasteiger partial charge in [0.2, 0.25) is 0 Å². The number of methoxy groups -OCH3 is 1. The van der Waals surface area contributed by atoms with Crippen LogP contribution < -0.4 is 10.1 Å². The van der Waals surface area contributed by atoms with Gasteiger partial charge in [0.1, 0.15) is 5.75 Å². The molecule has 0 bridgehead atoms.